The van der Waals surface area contributed by atoms with Crippen LogP contribution < -0.4 is 4.74 Å². The van der Waals surface area contributed by atoms with Gasteiger partial charge in [0.05, 0.1) is 20.6 Å². The van der Waals surface area contributed by atoms with Crippen LogP contribution in [0.25, 0.3) is 32.7 Å². The average Bonchev–Trinajstić information content (AvgIpc) is 3.26. The zero-order chi connectivity index (χ0) is 28.0. The van der Waals surface area contributed by atoms with Gasteiger partial charge in [-0.2, -0.15) is 0 Å². The van der Waals surface area contributed by atoms with Crippen LogP contribution in [0.2, 0.25) is 0 Å². The normalized spacial score (nSPS) is 16.1. The van der Waals surface area contributed by atoms with E-state index in [1.54, 1.807) is 36.4 Å². The molecule has 41 heavy (non-hydrogen) atoms. The second kappa shape index (κ2) is 7.95. The van der Waals surface area contributed by atoms with E-state index in [0.717, 1.165) is 10.8 Å². The smallest absolute Gasteiger partial charge is 0.277 e. The van der Waals surface area contributed by atoms with E-state index in [9.17, 15) is 20.2 Å². The fourth-order valence-electron chi connectivity index (χ4n) is 6.74. The second-order valence-corrected chi connectivity index (χ2v) is 10.3. The molecule has 0 amide bonds. The molecule has 8 heteroatoms. The molecule has 196 valence electrons. The summed E-state index contributed by atoms with van der Waals surface area (Å²) in [5, 5.41) is 27.1. The first-order valence-corrected chi connectivity index (χ1v) is 12.9. The quantitative estimate of drug-likeness (QED) is 0.162. The summed E-state index contributed by atoms with van der Waals surface area (Å²) in [6.45, 7) is 0. The molecule has 2 aliphatic rings. The lowest BCUT2D eigenvalue weighted by Gasteiger charge is -2.40. The summed E-state index contributed by atoms with van der Waals surface area (Å²) in [6, 6.07) is 29.0. The molecule has 8 rings (SSSR count). The van der Waals surface area contributed by atoms with E-state index in [2.05, 4.69) is 0 Å². The van der Waals surface area contributed by atoms with Gasteiger partial charge in [-0.05, 0) is 51.9 Å². The molecular weight excluding hydrogens is 523 g/mol. The summed E-state index contributed by atoms with van der Waals surface area (Å²) in [6.07, 6.45) is 0. The SMILES string of the molecule is O=[N+]([O-])c1ccc2c(c1)C1(c3cc(F)ccc3-2)c2ccc3ccccc3c2Oc2c1cc([N+](=O)[O-])c1ccccc21. The predicted octanol–water partition coefficient (Wildman–Crippen LogP) is 8.42. The van der Waals surface area contributed by atoms with Gasteiger partial charge in [-0.15, -0.1) is 0 Å². The van der Waals surface area contributed by atoms with Gasteiger partial charge in [-0.3, -0.25) is 20.2 Å². The van der Waals surface area contributed by atoms with E-state index < -0.39 is 21.1 Å². The first kappa shape index (κ1) is 23.3. The third-order valence-corrected chi connectivity index (χ3v) is 8.36. The monoisotopic (exact) mass is 540 g/mol. The Morgan fingerprint density at radius 3 is 2.02 bits per heavy atom. The van der Waals surface area contributed by atoms with Gasteiger partial charge in [0.15, 0.2) is 0 Å². The highest BCUT2D eigenvalue weighted by atomic mass is 19.1. The summed E-state index contributed by atoms with van der Waals surface area (Å²) in [7, 11) is 0. The van der Waals surface area contributed by atoms with Gasteiger partial charge in [0.2, 0.25) is 0 Å². The minimum Gasteiger partial charge on any atom is -0.455 e. The molecule has 1 heterocycles. The van der Waals surface area contributed by atoms with Gasteiger partial charge in [-0.1, -0.05) is 60.7 Å². The third kappa shape index (κ3) is 2.90. The van der Waals surface area contributed by atoms with Crippen LogP contribution in [0.3, 0.4) is 0 Å². The van der Waals surface area contributed by atoms with Gasteiger partial charge in [0.1, 0.15) is 17.3 Å². The molecule has 0 aromatic heterocycles. The van der Waals surface area contributed by atoms with Crippen LogP contribution in [0.4, 0.5) is 15.8 Å². The molecule has 0 saturated heterocycles. The first-order valence-electron chi connectivity index (χ1n) is 12.9. The molecule has 1 atom stereocenters. The Kier molecular flexibility index (Phi) is 4.51. The number of rotatable bonds is 2. The van der Waals surface area contributed by atoms with Gasteiger partial charge in [0.25, 0.3) is 11.4 Å². The molecule has 1 spiro atoms. The van der Waals surface area contributed by atoms with Crippen molar-refractivity contribution in [2.24, 2.45) is 0 Å². The lowest BCUT2D eigenvalue weighted by molar-refractivity contribution is -0.384. The number of nitro benzene ring substituents is 2. The van der Waals surface area contributed by atoms with Crippen LogP contribution in [0.5, 0.6) is 11.5 Å². The Morgan fingerprint density at radius 1 is 0.610 bits per heavy atom. The summed E-state index contributed by atoms with van der Waals surface area (Å²) in [5.74, 6) is 0.421. The Labute approximate surface area is 231 Å². The fourth-order valence-corrected chi connectivity index (χ4v) is 6.74. The minimum atomic E-state index is -1.33. The number of hydrogen-bond donors (Lipinski definition) is 0. The van der Waals surface area contributed by atoms with E-state index in [-0.39, 0.29) is 11.4 Å². The lowest BCUT2D eigenvalue weighted by Crippen LogP contribution is -2.32. The average molecular weight is 541 g/mol. The predicted molar refractivity (Wildman–Crippen MR) is 152 cm³/mol. The van der Waals surface area contributed by atoms with Crippen LogP contribution >= 0.6 is 0 Å². The Balaban J connectivity index is 1.65. The van der Waals surface area contributed by atoms with Gasteiger partial charge in [0, 0.05) is 40.1 Å². The molecule has 0 N–H and O–H groups in total. The maximum atomic E-state index is 15.1. The Bertz CT molecular complexity index is 2180. The zero-order valence-electron chi connectivity index (χ0n) is 21.1. The third-order valence-electron chi connectivity index (χ3n) is 8.36. The van der Waals surface area contributed by atoms with Crippen molar-refractivity contribution in [1.82, 2.24) is 0 Å². The van der Waals surface area contributed by atoms with E-state index >= 15 is 4.39 Å². The highest BCUT2D eigenvalue weighted by Crippen LogP contribution is 2.64. The molecule has 0 fully saturated rings. The maximum Gasteiger partial charge on any atom is 0.277 e. The van der Waals surface area contributed by atoms with Crippen molar-refractivity contribution >= 4 is 32.9 Å². The molecule has 1 aliphatic carbocycles. The molecule has 6 aromatic carbocycles. The van der Waals surface area contributed by atoms with Gasteiger partial charge in [-0.25, -0.2) is 4.39 Å². The van der Waals surface area contributed by atoms with Crippen molar-refractivity contribution < 1.29 is 19.0 Å². The summed E-state index contributed by atoms with van der Waals surface area (Å²) >= 11 is 0. The Hall–Kier alpha value is -5.63. The standard InChI is InChI=1S/C33H17FN2O5/c34-19-10-12-22-23-13-11-20(35(37)38)16-28(23)33(27(22)15-19)26-14-9-18-5-1-2-6-21(18)31(26)41-32-25-8-4-3-7-24(25)30(36(39)40)17-29(32)33/h1-17H. The van der Waals surface area contributed by atoms with E-state index in [0.29, 0.717) is 55.7 Å². The number of halogens is 1. The molecular formula is C33H17FN2O5. The van der Waals surface area contributed by atoms with Crippen molar-refractivity contribution in [2.45, 2.75) is 5.41 Å². The summed E-state index contributed by atoms with van der Waals surface area (Å²) in [4.78, 5) is 23.5. The largest absolute Gasteiger partial charge is 0.455 e. The first-order chi connectivity index (χ1) is 19.9. The van der Waals surface area contributed by atoms with Crippen LogP contribution in [0, 0.1) is 26.0 Å². The molecule has 1 unspecified atom stereocenters. The molecule has 0 saturated carbocycles. The maximum absolute atomic E-state index is 15.1. The summed E-state index contributed by atoms with van der Waals surface area (Å²) < 4.78 is 21.9. The van der Waals surface area contributed by atoms with Crippen LogP contribution in [-0.4, -0.2) is 9.85 Å². The van der Waals surface area contributed by atoms with Crippen molar-refractivity contribution in [3.8, 4) is 22.6 Å². The van der Waals surface area contributed by atoms with Crippen molar-refractivity contribution in [3.05, 3.63) is 151 Å². The topological polar surface area (TPSA) is 95.5 Å². The molecule has 0 radical (unpaired) electrons. The minimum absolute atomic E-state index is 0.136. The Morgan fingerprint density at radius 2 is 1.27 bits per heavy atom. The van der Waals surface area contributed by atoms with E-state index in [4.69, 9.17) is 4.74 Å². The van der Waals surface area contributed by atoms with Crippen molar-refractivity contribution in [1.29, 1.82) is 0 Å². The van der Waals surface area contributed by atoms with Crippen LogP contribution in [0.15, 0.2) is 103 Å². The number of ether oxygens (including phenoxy) is 1. The number of benzene rings is 6. The number of non-ortho nitro benzene ring substituents is 2. The van der Waals surface area contributed by atoms with Crippen LogP contribution in [0.1, 0.15) is 22.3 Å². The highest BCUT2D eigenvalue weighted by Gasteiger charge is 2.53. The lowest BCUT2D eigenvalue weighted by atomic mass is 9.65. The van der Waals surface area contributed by atoms with Gasteiger partial charge < -0.3 is 4.74 Å². The van der Waals surface area contributed by atoms with Crippen molar-refractivity contribution in [3.63, 3.8) is 0 Å². The highest BCUT2D eigenvalue weighted by molar-refractivity contribution is 6.02. The molecule has 1 aliphatic heterocycles. The van der Waals surface area contributed by atoms with E-state index in [1.165, 1.54) is 30.3 Å². The fraction of sp³-hybridized carbons (Fsp3) is 0.0303. The molecule has 0 bridgehead atoms. The number of nitro groups is 2. The van der Waals surface area contributed by atoms with Crippen LogP contribution in [-0.2, 0) is 5.41 Å². The summed E-state index contributed by atoms with van der Waals surface area (Å²) in [5.41, 5.74) is 1.91. The second-order valence-electron chi connectivity index (χ2n) is 10.3. The van der Waals surface area contributed by atoms with Gasteiger partial charge >= 0.3 is 0 Å². The number of hydrogen-bond acceptors (Lipinski definition) is 5. The van der Waals surface area contributed by atoms with E-state index in [1.807, 2.05) is 36.4 Å². The zero-order valence-corrected chi connectivity index (χ0v) is 21.1. The molecule has 7 nitrogen and oxygen atoms in total. The van der Waals surface area contributed by atoms with Crippen molar-refractivity contribution in [2.75, 3.05) is 0 Å². The number of nitrogens with zero attached hydrogens (tertiary/aromatic N) is 2. The molecule has 6 aromatic rings. The number of fused-ring (bicyclic) bond motifs is 13.